The number of nitrogens with zero attached hydrogens (tertiary/aromatic N) is 1. The molecular weight excluding hydrogens is 322 g/mol. The predicted octanol–water partition coefficient (Wildman–Crippen LogP) is 2.76. The van der Waals surface area contributed by atoms with Crippen molar-refractivity contribution in [2.75, 3.05) is 18.6 Å². The third-order valence-corrected chi connectivity index (χ3v) is 4.24. The Morgan fingerprint density at radius 2 is 2.20 bits per heavy atom. The molecule has 20 heavy (non-hydrogen) atoms. The van der Waals surface area contributed by atoms with Crippen molar-refractivity contribution >= 4 is 27.6 Å². The fraction of sp³-hybridized carbons (Fsp3) is 0.533. The van der Waals surface area contributed by atoms with Crippen LogP contribution in [0.25, 0.3) is 0 Å². The number of methoxy groups -OCH3 is 1. The van der Waals surface area contributed by atoms with Gasteiger partial charge in [0, 0.05) is 23.5 Å². The molecule has 0 saturated heterocycles. The van der Waals surface area contributed by atoms with Crippen LogP contribution in [0.1, 0.15) is 36.2 Å². The quantitative estimate of drug-likeness (QED) is 0.840. The molecule has 0 amide bonds. The Bertz CT molecular complexity index is 516. The number of benzene rings is 1. The zero-order valence-electron chi connectivity index (χ0n) is 12.0. The zero-order chi connectivity index (χ0) is 14.9. The van der Waals surface area contributed by atoms with Gasteiger partial charge in [-0.1, -0.05) is 0 Å². The third kappa shape index (κ3) is 2.99. The monoisotopic (exact) mass is 341 g/mol. The molecule has 1 aromatic rings. The number of fused-ring (bicyclic) bond motifs is 1. The minimum Gasteiger partial charge on any atom is -0.465 e. The van der Waals surface area contributed by atoms with Gasteiger partial charge >= 0.3 is 5.97 Å². The van der Waals surface area contributed by atoms with Crippen molar-refractivity contribution in [3.63, 3.8) is 0 Å². The lowest BCUT2D eigenvalue weighted by molar-refractivity contribution is 0.0600. The van der Waals surface area contributed by atoms with Crippen LogP contribution >= 0.6 is 15.9 Å². The van der Waals surface area contributed by atoms with E-state index >= 15 is 0 Å². The van der Waals surface area contributed by atoms with Crippen molar-refractivity contribution in [1.29, 1.82) is 0 Å². The van der Waals surface area contributed by atoms with Crippen molar-refractivity contribution < 1.29 is 14.6 Å². The van der Waals surface area contributed by atoms with Gasteiger partial charge in [0.15, 0.2) is 0 Å². The molecule has 0 bridgehead atoms. The summed E-state index contributed by atoms with van der Waals surface area (Å²) in [7, 11) is 1.37. The Labute approximate surface area is 127 Å². The molecule has 0 aliphatic carbocycles. The number of aliphatic hydroxyl groups is 1. The number of esters is 1. The molecule has 1 heterocycles. The van der Waals surface area contributed by atoms with Gasteiger partial charge in [-0.25, -0.2) is 4.79 Å². The fourth-order valence-corrected chi connectivity index (χ4v) is 3.37. The van der Waals surface area contributed by atoms with Gasteiger partial charge in [0.25, 0.3) is 0 Å². The van der Waals surface area contributed by atoms with Crippen LogP contribution in [0.2, 0.25) is 0 Å². The minimum absolute atomic E-state index is 0.333. The van der Waals surface area contributed by atoms with Crippen LogP contribution in [0.5, 0.6) is 0 Å². The lowest BCUT2D eigenvalue weighted by Crippen LogP contribution is -2.32. The molecular formula is C15H20BrNO3. The molecule has 0 radical (unpaired) electrons. The maximum Gasteiger partial charge on any atom is 0.337 e. The van der Waals surface area contributed by atoms with Crippen molar-refractivity contribution in [2.24, 2.45) is 0 Å². The van der Waals surface area contributed by atoms with Crippen LogP contribution in [0.4, 0.5) is 5.69 Å². The molecule has 0 spiro atoms. The molecule has 1 atom stereocenters. The highest BCUT2D eigenvalue weighted by Crippen LogP contribution is 2.36. The van der Waals surface area contributed by atoms with Crippen molar-refractivity contribution in [2.45, 2.75) is 38.8 Å². The van der Waals surface area contributed by atoms with Crippen LogP contribution in [-0.4, -0.2) is 36.9 Å². The molecule has 1 N–H and O–H groups in total. The van der Waals surface area contributed by atoms with E-state index in [2.05, 4.69) is 34.7 Å². The Morgan fingerprint density at radius 3 is 2.80 bits per heavy atom. The molecule has 1 unspecified atom stereocenters. The minimum atomic E-state index is -0.378. The maximum absolute atomic E-state index is 11.7. The van der Waals surface area contributed by atoms with Crippen molar-refractivity contribution in [3.8, 4) is 0 Å². The van der Waals surface area contributed by atoms with E-state index in [1.165, 1.54) is 7.11 Å². The summed E-state index contributed by atoms with van der Waals surface area (Å²) in [4.78, 5) is 14.0. The van der Waals surface area contributed by atoms with E-state index < -0.39 is 0 Å². The van der Waals surface area contributed by atoms with Gasteiger partial charge in [0.1, 0.15) is 0 Å². The normalized spacial score (nSPS) is 18.7. The van der Waals surface area contributed by atoms with E-state index in [0.717, 1.165) is 28.7 Å². The Hall–Kier alpha value is -1.07. The average molecular weight is 342 g/mol. The number of aliphatic hydroxyl groups excluding tert-OH is 1. The second kappa shape index (κ2) is 6.14. The van der Waals surface area contributed by atoms with Gasteiger partial charge in [0.05, 0.1) is 24.5 Å². The number of carbonyl (C=O) groups is 1. The number of carbonyl (C=O) groups excluding carboxylic acids is 1. The fourth-order valence-electron chi connectivity index (χ4n) is 2.64. The highest BCUT2D eigenvalue weighted by atomic mass is 79.9. The van der Waals surface area contributed by atoms with Crippen LogP contribution < -0.4 is 4.90 Å². The van der Waals surface area contributed by atoms with Gasteiger partial charge in [-0.2, -0.15) is 0 Å². The number of halogens is 1. The summed E-state index contributed by atoms with van der Waals surface area (Å²) >= 11 is 3.56. The molecule has 0 aromatic heterocycles. The van der Waals surface area contributed by atoms with Crippen LogP contribution in [-0.2, 0) is 11.2 Å². The van der Waals surface area contributed by atoms with E-state index in [-0.39, 0.29) is 12.1 Å². The van der Waals surface area contributed by atoms with E-state index in [0.29, 0.717) is 18.0 Å². The van der Waals surface area contributed by atoms with Gasteiger partial charge in [-0.05, 0) is 53.9 Å². The molecule has 4 nitrogen and oxygen atoms in total. The van der Waals surface area contributed by atoms with E-state index in [9.17, 15) is 9.90 Å². The molecule has 5 heteroatoms. The summed E-state index contributed by atoms with van der Waals surface area (Å²) in [6, 6.07) is 3.95. The standard InChI is InChI=1S/C15H20BrNO3/c1-9(2)17-5-4-12(18)7-10-6-11(15(19)20-3)8-13(16)14(10)17/h6,8-9,12,18H,4-5,7H2,1-3H3. The van der Waals surface area contributed by atoms with Crippen LogP contribution in [0.15, 0.2) is 16.6 Å². The number of anilines is 1. The second-order valence-corrected chi connectivity index (χ2v) is 6.25. The summed E-state index contributed by atoms with van der Waals surface area (Å²) in [6.45, 7) is 5.06. The van der Waals surface area contributed by atoms with Gasteiger partial charge in [-0.3, -0.25) is 0 Å². The van der Waals surface area contributed by atoms with Crippen LogP contribution in [0.3, 0.4) is 0 Å². The molecule has 1 aromatic carbocycles. The lowest BCUT2D eigenvalue weighted by Gasteiger charge is -2.30. The summed E-state index contributed by atoms with van der Waals surface area (Å²) in [5, 5.41) is 10.1. The van der Waals surface area contributed by atoms with Crippen LogP contribution in [0, 0.1) is 0 Å². The number of hydrogen-bond donors (Lipinski definition) is 1. The average Bonchev–Trinajstić information content (AvgIpc) is 2.56. The molecule has 0 saturated carbocycles. The highest BCUT2D eigenvalue weighted by Gasteiger charge is 2.25. The summed E-state index contributed by atoms with van der Waals surface area (Å²) in [5.41, 5.74) is 2.57. The Kier molecular flexibility index (Phi) is 4.70. The smallest absolute Gasteiger partial charge is 0.337 e. The number of ether oxygens (including phenoxy) is 1. The Morgan fingerprint density at radius 1 is 1.50 bits per heavy atom. The second-order valence-electron chi connectivity index (χ2n) is 5.39. The molecule has 2 rings (SSSR count). The molecule has 0 fully saturated rings. The number of rotatable bonds is 2. The van der Waals surface area contributed by atoms with Gasteiger partial charge in [0.2, 0.25) is 0 Å². The first-order valence-corrected chi connectivity index (χ1v) is 7.58. The van der Waals surface area contributed by atoms with Gasteiger partial charge in [-0.15, -0.1) is 0 Å². The van der Waals surface area contributed by atoms with Gasteiger partial charge < -0.3 is 14.7 Å². The topological polar surface area (TPSA) is 49.8 Å². The summed E-state index contributed by atoms with van der Waals surface area (Å²) < 4.78 is 5.65. The zero-order valence-corrected chi connectivity index (χ0v) is 13.6. The maximum atomic E-state index is 11.7. The molecule has 1 aliphatic heterocycles. The van der Waals surface area contributed by atoms with E-state index in [1.807, 2.05) is 6.07 Å². The van der Waals surface area contributed by atoms with E-state index in [4.69, 9.17) is 4.74 Å². The first kappa shape index (κ1) is 15.3. The summed E-state index contributed by atoms with van der Waals surface area (Å²) in [5.74, 6) is -0.358. The molecule has 110 valence electrons. The SMILES string of the molecule is COC(=O)c1cc(Br)c2c(c1)CC(O)CCN2C(C)C. The van der Waals surface area contributed by atoms with Crippen molar-refractivity contribution in [3.05, 3.63) is 27.7 Å². The largest absolute Gasteiger partial charge is 0.465 e. The lowest BCUT2D eigenvalue weighted by atomic mass is 10.0. The highest BCUT2D eigenvalue weighted by molar-refractivity contribution is 9.10. The summed E-state index contributed by atoms with van der Waals surface area (Å²) in [6.07, 6.45) is 0.909. The Balaban J connectivity index is 2.54. The first-order valence-electron chi connectivity index (χ1n) is 6.79. The predicted molar refractivity (Wildman–Crippen MR) is 82.3 cm³/mol. The van der Waals surface area contributed by atoms with E-state index in [1.54, 1.807) is 6.07 Å². The number of hydrogen-bond acceptors (Lipinski definition) is 4. The molecule has 1 aliphatic rings. The third-order valence-electron chi connectivity index (χ3n) is 3.63. The van der Waals surface area contributed by atoms with Crippen molar-refractivity contribution in [1.82, 2.24) is 0 Å². The first-order chi connectivity index (χ1) is 9.43.